The van der Waals surface area contributed by atoms with Gasteiger partial charge in [-0.1, -0.05) is 6.92 Å². The highest BCUT2D eigenvalue weighted by Gasteiger charge is 2.11. The number of carbonyl (C=O) groups excluding carboxylic acids is 1. The van der Waals surface area contributed by atoms with Gasteiger partial charge in [0.15, 0.2) is 0 Å². The third kappa shape index (κ3) is 9.04. The van der Waals surface area contributed by atoms with E-state index < -0.39 is 0 Å². The molecule has 0 aliphatic rings. The second kappa shape index (κ2) is 9.97. The van der Waals surface area contributed by atoms with Gasteiger partial charge in [-0.05, 0) is 38.7 Å². The van der Waals surface area contributed by atoms with E-state index in [4.69, 9.17) is 4.74 Å². The fourth-order valence-corrected chi connectivity index (χ4v) is 2.31. The molecule has 0 heterocycles. The molecule has 0 saturated heterocycles. The van der Waals surface area contributed by atoms with Crippen molar-refractivity contribution in [1.82, 2.24) is 5.32 Å². The molecule has 1 N–H and O–H groups in total. The summed E-state index contributed by atoms with van der Waals surface area (Å²) in [5, 5.41) is 3.41. The first kappa shape index (κ1) is 15.8. The SMILES string of the molecule is CCOC(=O)CC(C)NC(C)CCSCC. The summed E-state index contributed by atoms with van der Waals surface area (Å²) in [6.07, 6.45) is 1.60. The van der Waals surface area contributed by atoms with Crippen molar-refractivity contribution in [3.63, 3.8) is 0 Å². The van der Waals surface area contributed by atoms with Gasteiger partial charge in [0.25, 0.3) is 0 Å². The Bertz CT molecular complexity index is 188. The molecular formula is C12H25NO2S. The van der Waals surface area contributed by atoms with E-state index in [1.54, 1.807) is 0 Å². The van der Waals surface area contributed by atoms with Gasteiger partial charge in [-0.3, -0.25) is 4.79 Å². The third-order valence-corrected chi connectivity index (χ3v) is 3.18. The molecule has 2 unspecified atom stereocenters. The van der Waals surface area contributed by atoms with E-state index in [2.05, 4.69) is 19.2 Å². The molecule has 0 spiro atoms. The maximum Gasteiger partial charge on any atom is 0.307 e. The lowest BCUT2D eigenvalue weighted by Crippen LogP contribution is -2.36. The van der Waals surface area contributed by atoms with Gasteiger partial charge in [0.1, 0.15) is 0 Å². The minimum absolute atomic E-state index is 0.113. The highest BCUT2D eigenvalue weighted by Crippen LogP contribution is 2.05. The largest absolute Gasteiger partial charge is 0.466 e. The van der Waals surface area contributed by atoms with Gasteiger partial charge in [-0.15, -0.1) is 0 Å². The fraction of sp³-hybridized carbons (Fsp3) is 0.917. The number of carbonyl (C=O) groups is 1. The lowest BCUT2D eigenvalue weighted by Gasteiger charge is -2.19. The summed E-state index contributed by atoms with van der Waals surface area (Å²) in [5.41, 5.74) is 0. The number of rotatable bonds is 9. The number of nitrogens with one attached hydrogen (secondary N) is 1. The Morgan fingerprint density at radius 3 is 2.56 bits per heavy atom. The first-order chi connectivity index (χ1) is 7.60. The highest BCUT2D eigenvalue weighted by molar-refractivity contribution is 7.99. The molecule has 0 bridgehead atoms. The zero-order valence-corrected chi connectivity index (χ0v) is 11.7. The van der Waals surface area contributed by atoms with Gasteiger partial charge < -0.3 is 10.1 Å². The minimum atomic E-state index is -0.113. The van der Waals surface area contributed by atoms with E-state index in [1.807, 2.05) is 25.6 Å². The van der Waals surface area contributed by atoms with Crippen LogP contribution in [-0.4, -0.2) is 36.2 Å². The van der Waals surface area contributed by atoms with Crippen molar-refractivity contribution in [2.45, 2.75) is 52.6 Å². The molecule has 96 valence electrons. The van der Waals surface area contributed by atoms with Crippen LogP contribution in [0.25, 0.3) is 0 Å². The summed E-state index contributed by atoms with van der Waals surface area (Å²) < 4.78 is 4.91. The Morgan fingerprint density at radius 1 is 1.31 bits per heavy atom. The summed E-state index contributed by atoms with van der Waals surface area (Å²) >= 11 is 1.95. The van der Waals surface area contributed by atoms with E-state index in [9.17, 15) is 4.79 Å². The standard InChI is InChI=1S/C12H25NO2S/c1-5-15-12(14)9-11(4)13-10(3)7-8-16-6-2/h10-11,13H,5-9H2,1-4H3. The van der Waals surface area contributed by atoms with Crippen LogP contribution < -0.4 is 5.32 Å². The third-order valence-electron chi connectivity index (χ3n) is 2.25. The molecule has 0 radical (unpaired) electrons. The molecular weight excluding hydrogens is 222 g/mol. The monoisotopic (exact) mass is 247 g/mol. The predicted octanol–water partition coefficient (Wildman–Crippen LogP) is 2.45. The highest BCUT2D eigenvalue weighted by atomic mass is 32.2. The van der Waals surface area contributed by atoms with Crippen LogP contribution in [0.1, 0.15) is 40.5 Å². The van der Waals surface area contributed by atoms with Gasteiger partial charge in [-0.25, -0.2) is 0 Å². The maximum atomic E-state index is 11.2. The lowest BCUT2D eigenvalue weighted by molar-refractivity contribution is -0.143. The molecule has 0 aromatic heterocycles. The minimum Gasteiger partial charge on any atom is -0.466 e. The molecule has 0 aromatic rings. The molecule has 0 amide bonds. The van der Waals surface area contributed by atoms with E-state index in [-0.39, 0.29) is 12.0 Å². The molecule has 16 heavy (non-hydrogen) atoms. The predicted molar refractivity (Wildman–Crippen MR) is 70.9 cm³/mol. The second-order valence-electron chi connectivity index (χ2n) is 3.96. The van der Waals surface area contributed by atoms with E-state index >= 15 is 0 Å². The molecule has 0 fully saturated rings. The van der Waals surface area contributed by atoms with Crippen LogP contribution in [0.3, 0.4) is 0 Å². The van der Waals surface area contributed by atoms with Crippen molar-refractivity contribution < 1.29 is 9.53 Å². The first-order valence-electron chi connectivity index (χ1n) is 6.09. The molecule has 2 atom stereocenters. The molecule has 0 saturated carbocycles. The van der Waals surface area contributed by atoms with Crippen LogP contribution in [0.5, 0.6) is 0 Å². The van der Waals surface area contributed by atoms with Gasteiger partial charge >= 0.3 is 5.97 Å². The van der Waals surface area contributed by atoms with E-state index in [0.717, 1.165) is 6.42 Å². The van der Waals surface area contributed by atoms with E-state index in [0.29, 0.717) is 19.1 Å². The fourth-order valence-electron chi connectivity index (χ4n) is 1.50. The quantitative estimate of drug-likeness (QED) is 0.502. The average Bonchev–Trinajstić information content (AvgIpc) is 2.17. The summed E-state index contributed by atoms with van der Waals surface area (Å²) in [4.78, 5) is 11.2. The molecule has 0 aromatic carbocycles. The molecule has 0 rings (SSSR count). The number of esters is 1. The number of hydrogen-bond donors (Lipinski definition) is 1. The van der Waals surface area contributed by atoms with Crippen LogP contribution in [0.2, 0.25) is 0 Å². The van der Waals surface area contributed by atoms with Crippen molar-refractivity contribution in [2.24, 2.45) is 0 Å². The Kier molecular flexibility index (Phi) is 9.83. The van der Waals surface area contributed by atoms with Crippen LogP contribution in [0.15, 0.2) is 0 Å². The van der Waals surface area contributed by atoms with Crippen molar-refractivity contribution in [3.8, 4) is 0 Å². The Morgan fingerprint density at radius 2 is 2.00 bits per heavy atom. The maximum absolute atomic E-state index is 11.2. The van der Waals surface area contributed by atoms with E-state index in [1.165, 1.54) is 11.5 Å². The van der Waals surface area contributed by atoms with Crippen LogP contribution in [0, 0.1) is 0 Å². The first-order valence-corrected chi connectivity index (χ1v) is 7.25. The summed E-state index contributed by atoms with van der Waals surface area (Å²) in [5.74, 6) is 2.24. The average molecular weight is 247 g/mol. The van der Waals surface area contributed by atoms with Crippen molar-refractivity contribution in [2.75, 3.05) is 18.1 Å². The summed E-state index contributed by atoms with van der Waals surface area (Å²) in [7, 11) is 0. The normalized spacial score (nSPS) is 14.5. The van der Waals surface area contributed by atoms with Gasteiger partial charge in [0.2, 0.25) is 0 Å². The van der Waals surface area contributed by atoms with Gasteiger partial charge in [0.05, 0.1) is 13.0 Å². The zero-order valence-electron chi connectivity index (χ0n) is 10.9. The van der Waals surface area contributed by atoms with Crippen molar-refractivity contribution in [1.29, 1.82) is 0 Å². The zero-order chi connectivity index (χ0) is 12.4. The molecule has 3 nitrogen and oxygen atoms in total. The van der Waals surface area contributed by atoms with Gasteiger partial charge in [-0.2, -0.15) is 11.8 Å². The molecule has 4 heteroatoms. The van der Waals surface area contributed by atoms with Crippen LogP contribution in [-0.2, 0) is 9.53 Å². The van der Waals surface area contributed by atoms with Crippen LogP contribution in [0.4, 0.5) is 0 Å². The van der Waals surface area contributed by atoms with Crippen LogP contribution >= 0.6 is 11.8 Å². The second-order valence-corrected chi connectivity index (χ2v) is 5.36. The number of ether oxygens (including phenoxy) is 1. The topological polar surface area (TPSA) is 38.3 Å². The number of hydrogen-bond acceptors (Lipinski definition) is 4. The summed E-state index contributed by atoms with van der Waals surface area (Å²) in [6, 6.07) is 0.657. The van der Waals surface area contributed by atoms with Gasteiger partial charge in [0, 0.05) is 12.1 Å². The lowest BCUT2D eigenvalue weighted by atomic mass is 10.2. The Hall–Kier alpha value is -0.220. The van der Waals surface area contributed by atoms with Crippen molar-refractivity contribution in [3.05, 3.63) is 0 Å². The Balaban J connectivity index is 3.60. The molecule has 0 aliphatic carbocycles. The number of thioether (sulfide) groups is 1. The molecule has 0 aliphatic heterocycles. The smallest absolute Gasteiger partial charge is 0.307 e. The summed E-state index contributed by atoms with van der Waals surface area (Å²) in [6.45, 7) is 8.67. The Labute approximate surface area is 104 Å². The van der Waals surface area contributed by atoms with Crippen molar-refractivity contribution >= 4 is 17.7 Å².